The summed E-state index contributed by atoms with van der Waals surface area (Å²) < 4.78 is 51.0. The Morgan fingerprint density at radius 3 is 2.58 bits per heavy atom. The number of H-pyrrole nitrogens is 1. The Balaban J connectivity index is 2.10. The number of aromatic amines is 1. The van der Waals surface area contributed by atoms with Crippen molar-refractivity contribution in [2.45, 2.75) is 9.79 Å². The van der Waals surface area contributed by atoms with Gasteiger partial charge in [-0.3, -0.25) is 9.82 Å². The lowest BCUT2D eigenvalue weighted by molar-refractivity contribution is 0.600. The third kappa shape index (κ3) is 3.10. The SMILES string of the molecule is CS(=O)(=O)c1ccc(Cl)c(S(=O)(=O)Nc2cccc3cn[nH]c23)c1. The van der Waals surface area contributed by atoms with E-state index in [9.17, 15) is 16.8 Å². The van der Waals surface area contributed by atoms with Crippen LogP contribution >= 0.6 is 11.6 Å². The number of sulfone groups is 1. The van der Waals surface area contributed by atoms with Gasteiger partial charge in [-0.2, -0.15) is 5.10 Å². The molecule has 1 heterocycles. The summed E-state index contributed by atoms with van der Waals surface area (Å²) in [5.74, 6) is 0. The van der Waals surface area contributed by atoms with Crippen molar-refractivity contribution in [1.29, 1.82) is 0 Å². The molecule has 0 saturated carbocycles. The summed E-state index contributed by atoms with van der Waals surface area (Å²) in [7, 11) is -7.66. The molecule has 0 spiro atoms. The van der Waals surface area contributed by atoms with Crippen LogP contribution in [0, 0.1) is 0 Å². The maximum absolute atomic E-state index is 12.6. The molecule has 126 valence electrons. The molecule has 24 heavy (non-hydrogen) atoms. The van der Waals surface area contributed by atoms with Crippen LogP contribution in [0.15, 0.2) is 52.4 Å². The van der Waals surface area contributed by atoms with Gasteiger partial charge >= 0.3 is 0 Å². The highest BCUT2D eigenvalue weighted by Gasteiger charge is 2.22. The number of sulfonamides is 1. The Morgan fingerprint density at radius 1 is 1.12 bits per heavy atom. The predicted molar refractivity (Wildman–Crippen MR) is 91.5 cm³/mol. The summed E-state index contributed by atoms with van der Waals surface area (Å²) in [5, 5.41) is 7.22. The van der Waals surface area contributed by atoms with Crippen LogP contribution in [0.2, 0.25) is 5.02 Å². The first-order chi connectivity index (χ1) is 11.2. The average Bonchev–Trinajstić information content (AvgIpc) is 2.95. The standard InChI is InChI=1S/C14H12ClN3O4S2/c1-23(19,20)10-5-6-11(15)13(7-10)24(21,22)18-12-4-2-3-9-8-16-17-14(9)12/h2-8,18H,1H3,(H,16,17). The van der Waals surface area contributed by atoms with Crippen molar-refractivity contribution in [1.82, 2.24) is 10.2 Å². The second-order valence-electron chi connectivity index (χ2n) is 5.11. The van der Waals surface area contributed by atoms with Crippen LogP contribution in [0.5, 0.6) is 0 Å². The lowest BCUT2D eigenvalue weighted by atomic mass is 10.2. The molecular weight excluding hydrogens is 374 g/mol. The summed E-state index contributed by atoms with van der Waals surface area (Å²) in [6, 6.07) is 8.53. The molecule has 2 N–H and O–H groups in total. The van der Waals surface area contributed by atoms with Gasteiger partial charge in [0.15, 0.2) is 9.84 Å². The average molecular weight is 386 g/mol. The van der Waals surface area contributed by atoms with Gasteiger partial charge in [-0.1, -0.05) is 23.7 Å². The number of benzene rings is 2. The largest absolute Gasteiger partial charge is 0.277 e. The Hall–Kier alpha value is -2.10. The fraction of sp³-hybridized carbons (Fsp3) is 0.0714. The summed E-state index contributed by atoms with van der Waals surface area (Å²) in [6.45, 7) is 0. The first-order valence-corrected chi connectivity index (χ1v) is 10.4. The van der Waals surface area contributed by atoms with E-state index in [0.29, 0.717) is 5.52 Å². The number of nitrogens with zero attached hydrogens (tertiary/aromatic N) is 1. The molecule has 0 atom stereocenters. The maximum Gasteiger partial charge on any atom is 0.263 e. The van der Waals surface area contributed by atoms with E-state index in [-0.39, 0.29) is 20.5 Å². The zero-order chi connectivity index (χ0) is 17.5. The van der Waals surface area contributed by atoms with Gasteiger partial charge in [0.05, 0.1) is 27.3 Å². The lowest BCUT2D eigenvalue weighted by Crippen LogP contribution is -2.14. The van der Waals surface area contributed by atoms with Crippen molar-refractivity contribution in [3.05, 3.63) is 47.6 Å². The highest BCUT2D eigenvalue weighted by Crippen LogP contribution is 2.28. The van der Waals surface area contributed by atoms with Crippen LogP contribution in [0.25, 0.3) is 10.9 Å². The van der Waals surface area contributed by atoms with E-state index in [1.165, 1.54) is 12.1 Å². The minimum absolute atomic E-state index is 0.0771. The molecule has 1 aromatic heterocycles. The van der Waals surface area contributed by atoms with Gasteiger partial charge in [0.2, 0.25) is 0 Å². The number of para-hydroxylation sites is 1. The molecule has 2 aromatic carbocycles. The van der Waals surface area contributed by atoms with Gasteiger partial charge in [-0.05, 0) is 24.3 Å². The molecular formula is C14H12ClN3O4S2. The molecule has 0 aliphatic heterocycles. The minimum atomic E-state index is -4.09. The van der Waals surface area contributed by atoms with E-state index in [1.54, 1.807) is 24.4 Å². The molecule has 0 saturated heterocycles. The summed E-state index contributed by atoms with van der Waals surface area (Å²) in [4.78, 5) is -0.448. The van der Waals surface area contributed by atoms with Crippen LogP contribution in [-0.4, -0.2) is 33.3 Å². The third-order valence-electron chi connectivity index (χ3n) is 3.34. The lowest BCUT2D eigenvalue weighted by Gasteiger charge is -2.11. The van der Waals surface area contributed by atoms with E-state index >= 15 is 0 Å². The van der Waals surface area contributed by atoms with E-state index in [1.807, 2.05) is 0 Å². The van der Waals surface area contributed by atoms with Gasteiger partial charge in [0.25, 0.3) is 10.0 Å². The van der Waals surface area contributed by atoms with E-state index in [0.717, 1.165) is 17.7 Å². The number of halogens is 1. The number of anilines is 1. The van der Waals surface area contributed by atoms with Gasteiger partial charge in [-0.25, -0.2) is 16.8 Å². The van der Waals surface area contributed by atoms with E-state index in [2.05, 4.69) is 14.9 Å². The predicted octanol–water partition coefficient (Wildman–Crippen LogP) is 2.42. The summed E-state index contributed by atoms with van der Waals surface area (Å²) in [6.07, 6.45) is 2.55. The monoisotopic (exact) mass is 385 g/mol. The van der Waals surface area contributed by atoms with Crippen LogP contribution in [-0.2, 0) is 19.9 Å². The first kappa shape index (κ1) is 16.7. The third-order valence-corrected chi connectivity index (χ3v) is 6.30. The van der Waals surface area contributed by atoms with Crippen molar-refractivity contribution >= 4 is 48.1 Å². The molecule has 0 bridgehead atoms. The number of hydrogen-bond acceptors (Lipinski definition) is 5. The first-order valence-electron chi connectivity index (χ1n) is 6.63. The van der Waals surface area contributed by atoms with Crippen LogP contribution in [0.3, 0.4) is 0 Å². The van der Waals surface area contributed by atoms with Gasteiger partial charge in [0, 0.05) is 11.6 Å². The van der Waals surface area contributed by atoms with Crippen molar-refractivity contribution in [3.63, 3.8) is 0 Å². The topological polar surface area (TPSA) is 109 Å². The number of rotatable bonds is 4. The second-order valence-corrected chi connectivity index (χ2v) is 9.18. The molecule has 0 fully saturated rings. The molecule has 0 unspecified atom stereocenters. The van der Waals surface area contributed by atoms with Crippen LogP contribution in [0.4, 0.5) is 5.69 Å². The van der Waals surface area contributed by atoms with E-state index < -0.39 is 19.9 Å². The molecule has 10 heteroatoms. The molecule has 3 aromatic rings. The van der Waals surface area contributed by atoms with E-state index in [4.69, 9.17) is 11.6 Å². The molecule has 0 aliphatic carbocycles. The summed E-state index contributed by atoms with van der Waals surface area (Å²) in [5.41, 5.74) is 0.794. The minimum Gasteiger partial charge on any atom is -0.277 e. The Labute approximate surface area is 143 Å². The van der Waals surface area contributed by atoms with Gasteiger partial charge in [0.1, 0.15) is 4.90 Å². The second kappa shape index (κ2) is 5.76. The number of nitrogens with one attached hydrogen (secondary N) is 2. The highest BCUT2D eigenvalue weighted by molar-refractivity contribution is 7.93. The fourth-order valence-corrected chi connectivity index (χ4v) is 4.49. The fourth-order valence-electron chi connectivity index (χ4n) is 2.17. The van der Waals surface area contributed by atoms with Crippen molar-refractivity contribution in [3.8, 4) is 0 Å². The van der Waals surface area contributed by atoms with Crippen molar-refractivity contribution in [2.24, 2.45) is 0 Å². The molecule has 0 radical (unpaired) electrons. The van der Waals surface area contributed by atoms with Gasteiger partial charge < -0.3 is 0 Å². The van der Waals surface area contributed by atoms with Crippen LogP contribution in [0.1, 0.15) is 0 Å². The Kier molecular flexibility index (Phi) is 4.02. The van der Waals surface area contributed by atoms with Gasteiger partial charge in [-0.15, -0.1) is 0 Å². The zero-order valence-corrected chi connectivity index (χ0v) is 14.7. The number of aromatic nitrogens is 2. The number of hydrogen-bond donors (Lipinski definition) is 2. The number of fused-ring (bicyclic) bond motifs is 1. The normalized spacial score (nSPS) is 12.4. The van der Waals surface area contributed by atoms with Crippen molar-refractivity contribution in [2.75, 3.05) is 11.0 Å². The highest BCUT2D eigenvalue weighted by atomic mass is 35.5. The molecule has 7 nitrogen and oxygen atoms in total. The Bertz CT molecular complexity index is 1140. The molecule has 0 amide bonds. The quantitative estimate of drug-likeness (QED) is 0.716. The van der Waals surface area contributed by atoms with Crippen LogP contribution < -0.4 is 4.72 Å². The Morgan fingerprint density at radius 2 is 1.88 bits per heavy atom. The zero-order valence-electron chi connectivity index (χ0n) is 12.3. The van der Waals surface area contributed by atoms with Crippen molar-refractivity contribution < 1.29 is 16.8 Å². The molecule has 0 aliphatic rings. The summed E-state index contributed by atoms with van der Waals surface area (Å²) >= 11 is 5.96. The maximum atomic E-state index is 12.6. The molecule has 3 rings (SSSR count). The smallest absolute Gasteiger partial charge is 0.263 e.